The Morgan fingerprint density at radius 2 is 1.71 bits per heavy atom. The molecule has 0 unspecified atom stereocenters. The van der Waals surface area contributed by atoms with Gasteiger partial charge in [-0.05, 0) is 24.1 Å². The van der Waals surface area contributed by atoms with Crippen LogP contribution < -0.4 is 10.6 Å². The van der Waals surface area contributed by atoms with Crippen molar-refractivity contribution in [2.24, 2.45) is 0 Å². The highest BCUT2D eigenvalue weighted by molar-refractivity contribution is 6.39. The molecule has 0 aliphatic rings. The molecule has 0 radical (unpaired) electrons. The van der Waals surface area contributed by atoms with E-state index >= 15 is 0 Å². The van der Waals surface area contributed by atoms with Gasteiger partial charge in [-0.3, -0.25) is 9.59 Å². The molecule has 3 N–H and O–H groups in total. The summed E-state index contributed by atoms with van der Waals surface area (Å²) in [7, 11) is 0. The quantitative estimate of drug-likeness (QED) is 0.729. The van der Waals surface area contributed by atoms with Crippen molar-refractivity contribution >= 4 is 17.5 Å². The predicted molar refractivity (Wildman–Crippen MR) is 88.8 cm³/mol. The number of carbonyl (C=O) groups is 2. The average Bonchev–Trinajstić information content (AvgIpc) is 2.62. The third-order valence-electron chi connectivity index (χ3n) is 3.39. The second-order valence-corrected chi connectivity index (χ2v) is 5.08. The van der Waals surface area contributed by atoms with Gasteiger partial charge in [-0.15, -0.1) is 0 Å². The Balaban J connectivity index is 1.82. The van der Waals surface area contributed by atoms with E-state index in [1.807, 2.05) is 24.3 Å². The number of rotatable bonds is 5. The molecule has 1 atom stereocenters. The van der Waals surface area contributed by atoms with Crippen LogP contribution in [-0.4, -0.2) is 23.5 Å². The molecule has 0 aliphatic carbocycles. The van der Waals surface area contributed by atoms with Crippen LogP contribution in [0.15, 0.2) is 54.6 Å². The van der Waals surface area contributed by atoms with E-state index in [0.29, 0.717) is 0 Å². The van der Waals surface area contributed by atoms with Crippen molar-refractivity contribution in [2.45, 2.75) is 12.5 Å². The monoisotopic (exact) mass is 323 g/mol. The first-order valence-corrected chi connectivity index (χ1v) is 7.43. The van der Waals surface area contributed by atoms with Gasteiger partial charge in [-0.1, -0.05) is 42.5 Å². The molecule has 2 aromatic rings. The Bertz CT molecular complexity index is 754. The zero-order valence-electron chi connectivity index (χ0n) is 12.9. The van der Waals surface area contributed by atoms with Crippen molar-refractivity contribution in [3.05, 3.63) is 65.7 Å². The van der Waals surface area contributed by atoms with Crippen LogP contribution in [0.4, 0.5) is 5.69 Å². The number of amides is 2. The largest absolute Gasteiger partial charge is 0.388 e. The van der Waals surface area contributed by atoms with Crippen LogP contribution in [0.1, 0.15) is 23.7 Å². The molecule has 24 heavy (non-hydrogen) atoms. The van der Waals surface area contributed by atoms with Gasteiger partial charge in [-0.2, -0.15) is 5.26 Å². The molecule has 0 spiro atoms. The van der Waals surface area contributed by atoms with Crippen LogP contribution in [0, 0.1) is 11.3 Å². The summed E-state index contributed by atoms with van der Waals surface area (Å²) in [6.45, 7) is 0.155. The summed E-state index contributed by atoms with van der Waals surface area (Å²) in [5, 5.41) is 23.8. The van der Waals surface area contributed by atoms with E-state index in [0.717, 1.165) is 5.56 Å². The van der Waals surface area contributed by atoms with Crippen LogP contribution in [0.3, 0.4) is 0 Å². The molecular weight excluding hydrogens is 306 g/mol. The van der Waals surface area contributed by atoms with Gasteiger partial charge < -0.3 is 15.7 Å². The molecule has 122 valence electrons. The molecule has 0 aromatic heterocycles. The maximum Gasteiger partial charge on any atom is 0.313 e. The lowest BCUT2D eigenvalue weighted by Gasteiger charge is -2.11. The molecule has 0 saturated carbocycles. The van der Waals surface area contributed by atoms with E-state index in [9.17, 15) is 14.7 Å². The zero-order valence-corrected chi connectivity index (χ0v) is 12.9. The second kappa shape index (κ2) is 8.46. The number of para-hydroxylation sites is 1. The summed E-state index contributed by atoms with van der Waals surface area (Å²) in [5.74, 6) is -1.67. The molecule has 2 rings (SSSR count). The number of aliphatic hydroxyl groups excluding tert-OH is 1. The number of aliphatic hydroxyl groups is 1. The van der Waals surface area contributed by atoms with Gasteiger partial charge in [0.25, 0.3) is 0 Å². The Kier molecular flexibility index (Phi) is 6.06. The van der Waals surface area contributed by atoms with Gasteiger partial charge in [-0.25, -0.2) is 0 Å². The van der Waals surface area contributed by atoms with Crippen molar-refractivity contribution in [1.29, 1.82) is 5.26 Å². The number of benzene rings is 2. The Hall–Kier alpha value is -3.17. The summed E-state index contributed by atoms with van der Waals surface area (Å²) >= 11 is 0. The van der Waals surface area contributed by atoms with E-state index in [2.05, 4.69) is 10.6 Å². The third-order valence-corrected chi connectivity index (χ3v) is 3.39. The fourth-order valence-corrected chi connectivity index (χ4v) is 2.11. The topological polar surface area (TPSA) is 102 Å². The number of nitrogens with one attached hydrogen (secondary N) is 2. The summed E-state index contributed by atoms with van der Waals surface area (Å²) in [4.78, 5) is 23.6. The number of nitriles is 1. The molecule has 0 heterocycles. The van der Waals surface area contributed by atoms with Crippen LogP contribution in [0.2, 0.25) is 0 Å². The molecule has 0 saturated heterocycles. The minimum absolute atomic E-state index is 0.155. The number of hydrogen-bond acceptors (Lipinski definition) is 4. The molecule has 6 nitrogen and oxygen atoms in total. The first-order chi connectivity index (χ1) is 11.6. The van der Waals surface area contributed by atoms with Crippen LogP contribution in [-0.2, 0) is 9.59 Å². The SMILES string of the molecule is N#Cc1ccccc1NC(=O)C(=O)NCC[C@@H](O)c1ccccc1. The van der Waals surface area contributed by atoms with Crippen molar-refractivity contribution in [3.8, 4) is 6.07 Å². The van der Waals surface area contributed by atoms with E-state index in [-0.39, 0.29) is 24.2 Å². The van der Waals surface area contributed by atoms with Crippen LogP contribution >= 0.6 is 0 Å². The van der Waals surface area contributed by atoms with Gasteiger partial charge in [0.15, 0.2) is 0 Å². The Labute approximate surface area is 139 Å². The molecule has 0 fully saturated rings. The summed E-state index contributed by atoms with van der Waals surface area (Å²) < 4.78 is 0. The summed E-state index contributed by atoms with van der Waals surface area (Å²) in [6, 6.07) is 17.4. The highest BCUT2D eigenvalue weighted by Gasteiger charge is 2.15. The minimum atomic E-state index is -0.855. The second-order valence-electron chi connectivity index (χ2n) is 5.08. The number of nitrogens with zero attached hydrogens (tertiary/aromatic N) is 1. The van der Waals surface area contributed by atoms with Gasteiger partial charge in [0.05, 0.1) is 17.4 Å². The molecule has 2 aromatic carbocycles. The van der Waals surface area contributed by atoms with Crippen molar-refractivity contribution in [3.63, 3.8) is 0 Å². The summed E-state index contributed by atoms with van der Waals surface area (Å²) in [5.41, 5.74) is 1.31. The number of anilines is 1. The number of carbonyl (C=O) groups excluding carboxylic acids is 2. The normalized spacial score (nSPS) is 11.2. The van der Waals surface area contributed by atoms with Crippen molar-refractivity contribution < 1.29 is 14.7 Å². The first kappa shape index (κ1) is 17.2. The van der Waals surface area contributed by atoms with Crippen molar-refractivity contribution in [2.75, 3.05) is 11.9 Å². The molecule has 0 bridgehead atoms. The molecule has 6 heteroatoms. The lowest BCUT2D eigenvalue weighted by molar-refractivity contribution is -0.136. The highest BCUT2D eigenvalue weighted by atomic mass is 16.3. The van der Waals surface area contributed by atoms with E-state index in [1.54, 1.807) is 36.4 Å². The zero-order chi connectivity index (χ0) is 17.4. The average molecular weight is 323 g/mol. The van der Waals surface area contributed by atoms with E-state index < -0.39 is 17.9 Å². The molecule has 2 amide bonds. The van der Waals surface area contributed by atoms with Crippen LogP contribution in [0.5, 0.6) is 0 Å². The van der Waals surface area contributed by atoms with E-state index in [4.69, 9.17) is 5.26 Å². The fraction of sp³-hybridized carbons (Fsp3) is 0.167. The van der Waals surface area contributed by atoms with Crippen LogP contribution in [0.25, 0.3) is 0 Å². The minimum Gasteiger partial charge on any atom is -0.388 e. The smallest absolute Gasteiger partial charge is 0.313 e. The maximum absolute atomic E-state index is 11.8. The fourth-order valence-electron chi connectivity index (χ4n) is 2.11. The van der Waals surface area contributed by atoms with Gasteiger partial charge in [0, 0.05) is 6.54 Å². The Morgan fingerprint density at radius 1 is 1.04 bits per heavy atom. The maximum atomic E-state index is 11.8. The third kappa shape index (κ3) is 4.66. The summed E-state index contributed by atoms with van der Waals surface area (Å²) in [6.07, 6.45) is -0.425. The lowest BCUT2D eigenvalue weighted by atomic mass is 10.1. The molecule has 0 aliphatic heterocycles. The number of hydrogen-bond donors (Lipinski definition) is 3. The first-order valence-electron chi connectivity index (χ1n) is 7.43. The van der Waals surface area contributed by atoms with Crippen molar-refractivity contribution in [1.82, 2.24) is 5.32 Å². The van der Waals surface area contributed by atoms with Gasteiger partial charge in [0.2, 0.25) is 0 Å². The van der Waals surface area contributed by atoms with Gasteiger partial charge >= 0.3 is 11.8 Å². The standard InChI is InChI=1S/C18H17N3O3/c19-12-14-8-4-5-9-15(14)21-18(24)17(23)20-11-10-16(22)13-6-2-1-3-7-13/h1-9,16,22H,10-11H2,(H,20,23)(H,21,24)/t16-/m1/s1. The van der Waals surface area contributed by atoms with Gasteiger partial charge in [0.1, 0.15) is 6.07 Å². The lowest BCUT2D eigenvalue weighted by Crippen LogP contribution is -2.36. The predicted octanol–water partition coefficient (Wildman–Crippen LogP) is 1.74. The highest BCUT2D eigenvalue weighted by Crippen LogP contribution is 2.15. The van der Waals surface area contributed by atoms with E-state index in [1.165, 1.54) is 0 Å². The Morgan fingerprint density at radius 3 is 2.42 bits per heavy atom. The molecular formula is C18H17N3O3.